The van der Waals surface area contributed by atoms with Crippen LogP contribution in [0.4, 0.5) is 0 Å². The molecule has 2 saturated heterocycles. The molecule has 0 aliphatic carbocycles. The van der Waals surface area contributed by atoms with Crippen molar-refractivity contribution in [1.29, 1.82) is 0 Å². The molecule has 0 bridgehead atoms. The van der Waals surface area contributed by atoms with Gasteiger partial charge in [0.25, 0.3) is 5.56 Å². The van der Waals surface area contributed by atoms with Crippen molar-refractivity contribution >= 4 is 24.1 Å². The van der Waals surface area contributed by atoms with E-state index in [0.717, 1.165) is 45.9 Å². The van der Waals surface area contributed by atoms with Crippen LogP contribution in [-0.4, -0.2) is 120 Å². The highest BCUT2D eigenvalue weighted by molar-refractivity contribution is 5.82. The highest BCUT2D eigenvalue weighted by atomic mass is 16.7. The first-order valence-corrected chi connectivity index (χ1v) is 21.2. The number of carbonyl (C=O) groups excluding carboxylic acids is 3. The van der Waals surface area contributed by atoms with Crippen molar-refractivity contribution in [3.8, 4) is 5.88 Å². The Morgan fingerprint density at radius 1 is 0.621 bits per heavy atom. The van der Waals surface area contributed by atoms with Gasteiger partial charge in [-0.25, -0.2) is 4.79 Å². The molecule has 1 N–H and O–H groups in total. The summed E-state index contributed by atoms with van der Waals surface area (Å²) in [5.41, 5.74) is 0.515. The van der Waals surface area contributed by atoms with Crippen LogP contribution >= 0.6 is 0 Å². The van der Waals surface area contributed by atoms with E-state index in [9.17, 15) is 29.1 Å². The second-order valence-electron chi connectivity index (χ2n) is 15.6. The van der Waals surface area contributed by atoms with Gasteiger partial charge < -0.3 is 52.5 Å². The van der Waals surface area contributed by atoms with Gasteiger partial charge in [0.15, 0.2) is 24.8 Å². The number of rotatable bonds is 19. The third-order valence-corrected chi connectivity index (χ3v) is 10.8. The van der Waals surface area contributed by atoms with E-state index < -0.39 is 109 Å². The number of benzene rings is 3. The van der Waals surface area contributed by atoms with Crippen LogP contribution in [0.5, 0.6) is 5.88 Å². The number of aromatic nitrogens is 2. The smallest absolute Gasteiger partial charge is 0.333 e. The number of nitrogens with zero attached hydrogens (tertiary/aromatic N) is 3. The Kier molecular flexibility index (Phi) is 17.5. The predicted molar refractivity (Wildman–Crippen MR) is 233 cm³/mol. The molecule has 0 amide bonds. The van der Waals surface area contributed by atoms with Gasteiger partial charge >= 0.3 is 23.6 Å². The van der Waals surface area contributed by atoms with Gasteiger partial charge in [0.2, 0.25) is 5.88 Å². The number of hydrogen-bond donors (Lipinski definition) is 1. The zero-order chi connectivity index (χ0) is 47.3. The molecule has 0 radical (unpaired) electrons. The van der Waals surface area contributed by atoms with Gasteiger partial charge in [0.05, 0.1) is 26.4 Å². The quantitative estimate of drug-likeness (QED) is 0.0812. The summed E-state index contributed by atoms with van der Waals surface area (Å²) in [6.45, 7) is 3.05. The van der Waals surface area contributed by atoms with Crippen molar-refractivity contribution in [3.63, 3.8) is 0 Å². The van der Waals surface area contributed by atoms with E-state index in [-0.39, 0.29) is 26.4 Å². The molecule has 10 atom stereocenters. The molecule has 1 aromatic heterocycles. The molecule has 19 nitrogen and oxygen atoms in total. The molecule has 0 saturated carbocycles. The average Bonchev–Trinajstić information content (AvgIpc) is 3.31. The Hall–Kier alpha value is -6.06. The Labute approximate surface area is 380 Å². The van der Waals surface area contributed by atoms with Crippen molar-refractivity contribution < 1.29 is 66.9 Å². The average molecular weight is 918 g/mol. The molecule has 3 heterocycles. The number of esters is 3. The molecule has 354 valence electrons. The summed E-state index contributed by atoms with van der Waals surface area (Å²) in [5.74, 6) is -3.02. The molecule has 2 aliphatic heterocycles. The first-order chi connectivity index (χ1) is 31.7. The van der Waals surface area contributed by atoms with Gasteiger partial charge in [-0.15, -0.1) is 0 Å². The van der Waals surface area contributed by atoms with Crippen molar-refractivity contribution in [2.45, 2.75) is 102 Å². The maximum absolute atomic E-state index is 13.3. The summed E-state index contributed by atoms with van der Waals surface area (Å²) in [6.07, 6.45) is -9.45. The van der Waals surface area contributed by atoms with E-state index in [1.54, 1.807) is 0 Å². The summed E-state index contributed by atoms with van der Waals surface area (Å²) in [4.78, 5) is 67.8. The normalized spacial score (nSPS) is 25.3. The van der Waals surface area contributed by atoms with E-state index in [2.05, 4.69) is 4.99 Å². The number of ether oxygens (including phenoxy) is 10. The zero-order valence-corrected chi connectivity index (χ0v) is 37.5. The van der Waals surface area contributed by atoms with E-state index in [1.807, 2.05) is 91.0 Å². The SMILES string of the molecule is CO[C@H]1O[C@H](CO[C@@H]2O[C@H](COC(C)=O)[C@@H](OC(C)=O)[C@H](OC(C)=O)[C@H]2N=Cc2c(O)n(C)c(=O)n(C)c2=O)[C@@H](OCc2ccccc2)[C@H](OCc2ccccc2)[C@H]1OCc1ccccc1. The third kappa shape index (κ3) is 12.6. The van der Waals surface area contributed by atoms with Crippen molar-refractivity contribution in [3.05, 3.63) is 134 Å². The lowest BCUT2D eigenvalue weighted by Gasteiger charge is -2.47. The minimum atomic E-state index is -1.54. The third-order valence-electron chi connectivity index (χ3n) is 10.8. The Bertz CT molecular complexity index is 2380. The molecule has 19 heteroatoms. The van der Waals surface area contributed by atoms with Crippen molar-refractivity contribution in [2.75, 3.05) is 20.3 Å². The van der Waals surface area contributed by atoms with Crippen LogP contribution < -0.4 is 11.2 Å². The van der Waals surface area contributed by atoms with Gasteiger partial charge in [0.1, 0.15) is 48.7 Å². The van der Waals surface area contributed by atoms with Crippen LogP contribution in [-0.2, 0) is 95.7 Å². The lowest BCUT2D eigenvalue weighted by atomic mass is 9.96. The van der Waals surface area contributed by atoms with E-state index in [0.29, 0.717) is 0 Å². The minimum absolute atomic E-state index is 0.119. The molecule has 0 spiro atoms. The lowest BCUT2D eigenvalue weighted by Crippen LogP contribution is -2.63. The number of aliphatic imine (C=N–C) groups is 1. The Morgan fingerprint density at radius 3 is 1.62 bits per heavy atom. The lowest BCUT2D eigenvalue weighted by molar-refractivity contribution is -0.334. The van der Waals surface area contributed by atoms with Gasteiger partial charge in [-0.3, -0.25) is 33.3 Å². The number of methoxy groups -OCH3 is 1. The first-order valence-electron chi connectivity index (χ1n) is 21.2. The van der Waals surface area contributed by atoms with Gasteiger partial charge in [-0.2, -0.15) is 0 Å². The molecule has 2 fully saturated rings. The van der Waals surface area contributed by atoms with Gasteiger partial charge in [-0.1, -0.05) is 91.0 Å². The topological polar surface area (TPSA) is 220 Å². The fourth-order valence-corrected chi connectivity index (χ4v) is 7.57. The molecule has 6 rings (SSSR count). The molecule has 3 aromatic carbocycles. The second kappa shape index (κ2) is 23.4. The summed E-state index contributed by atoms with van der Waals surface area (Å²) in [5, 5.41) is 10.9. The monoisotopic (exact) mass is 917 g/mol. The number of hydrogen-bond acceptors (Lipinski definition) is 17. The van der Waals surface area contributed by atoms with E-state index in [4.69, 9.17) is 47.4 Å². The minimum Gasteiger partial charge on any atom is -0.494 e. The fraction of sp³-hybridized carbons (Fsp3) is 0.447. The largest absolute Gasteiger partial charge is 0.494 e. The molecule has 4 aromatic rings. The summed E-state index contributed by atoms with van der Waals surface area (Å²) in [6, 6.07) is 27.1. The van der Waals surface area contributed by atoms with Crippen LogP contribution in [0.1, 0.15) is 43.0 Å². The van der Waals surface area contributed by atoms with Crippen molar-refractivity contribution in [1.82, 2.24) is 9.13 Å². The van der Waals surface area contributed by atoms with Crippen LogP contribution in [0.3, 0.4) is 0 Å². The van der Waals surface area contributed by atoms with Gasteiger partial charge in [-0.05, 0) is 16.7 Å². The van der Waals surface area contributed by atoms with Crippen LogP contribution in [0.15, 0.2) is 106 Å². The summed E-state index contributed by atoms with van der Waals surface area (Å²) < 4.78 is 63.7. The van der Waals surface area contributed by atoms with Gasteiger partial charge in [0, 0.05) is 48.2 Å². The fourth-order valence-electron chi connectivity index (χ4n) is 7.57. The first kappa shape index (κ1) is 49.4. The zero-order valence-electron chi connectivity index (χ0n) is 37.5. The summed E-state index contributed by atoms with van der Waals surface area (Å²) >= 11 is 0. The van der Waals surface area contributed by atoms with Crippen LogP contribution in [0, 0.1) is 0 Å². The second-order valence-corrected chi connectivity index (χ2v) is 15.6. The maximum Gasteiger partial charge on any atom is 0.333 e. The van der Waals surface area contributed by atoms with Crippen molar-refractivity contribution in [2.24, 2.45) is 19.1 Å². The maximum atomic E-state index is 13.3. The highest BCUT2D eigenvalue weighted by Crippen LogP contribution is 2.34. The predicted octanol–water partition coefficient (Wildman–Crippen LogP) is 2.87. The van der Waals surface area contributed by atoms with E-state index >= 15 is 0 Å². The Morgan fingerprint density at radius 2 is 1.11 bits per heavy atom. The molecule has 0 unspecified atom stereocenters. The van der Waals surface area contributed by atoms with E-state index in [1.165, 1.54) is 28.1 Å². The van der Waals surface area contributed by atoms with Crippen LogP contribution in [0.25, 0.3) is 0 Å². The van der Waals surface area contributed by atoms with Crippen LogP contribution in [0.2, 0.25) is 0 Å². The molecular weight excluding hydrogens is 863 g/mol. The molecular formula is C47H55N3O16. The molecule has 2 aliphatic rings. The Balaban J connectivity index is 1.40. The highest BCUT2D eigenvalue weighted by Gasteiger charge is 2.53. The number of carbonyl (C=O) groups is 3. The summed E-state index contributed by atoms with van der Waals surface area (Å²) in [7, 11) is 3.94. The number of aromatic hydroxyl groups is 1. The molecule has 66 heavy (non-hydrogen) atoms. The standard InChI is InChI=1S/C47H55N3O16/c1-28(51)58-26-36-39(63-29(2)52)40(64-30(3)53)37(48-22-34-43(54)49(4)47(56)50(5)44(34)55)45(65-36)62-27-35-38(59-23-31-16-10-7-11-17-31)41(60-24-32-18-12-8-13-19-32)42(46(57-6)66-35)61-25-33-20-14-9-15-21-33/h7-22,35-42,45-46,54H,23-27H2,1-6H3/t35-,36-,37-,38-,39-,40-,41+,42-,45-,46+/m1/s1.